The number of primary amides is 1. The molecule has 0 fully saturated rings. The molecule has 0 saturated carbocycles. The number of nitrogens with two attached hydrogens (primary N) is 1. The molecule has 0 saturated heterocycles. The van der Waals surface area contributed by atoms with Crippen LogP contribution in [0.1, 0.15) is 19.3 Å². The van der Waals surface area contributed by atoms with Crippen LogP contribution in [-0.4, -0.2) is 44.0 Å². The molecule has 3 N–H and O–H groups in total. The zero-order chi connectivity index (χ0) is 10.6. The maximum Gasteiger partial charge on any atom is 0.217 e. The molecule has 0 atom stereocenters. The molecule has 0 radical (unpaired) electrons. The number of aliphatic hydroxyl groups excluding tert-OH is 1. The van der Waals surface area contributed by atoms with E-state index in [2.05, 4.69) is 0 Å². The van der Waals surface area contributed by atoms with E-state index in [9.17, 15) is 4.79 Å². The number of amides is 1. The minimum absolute atomic E-state index is 0.0403. The number of hydrogen-bond acceptors (Lipinski definition) is 4. The highest BCUT2D eigenvalue weighted by Gasteiger charge is 1.94. The Morgan fingerprint density at radius 3 is 2.29 bits per heavy atom. The SMILES string of the molecule is NC(=O)CCCCOCCOCCO. The van der Waals surface area contributed by atoms with Gasteiger partial charge >= 0.3 is 0 Å². The topological polar surface area (TPSA) is 81.8 Å². The van der Waals surface area contributed by atoms with E-state index in [-0.39, 0.29) is 12.5 Å². The molecule has 0 aliphatic rings. The van der Waals surface area contributed by atoms with Crippen molar-refractivity contribution < 1.29 is 19.4 Å². The second-order valence-electron chi connectivity index (χ2n) is 2.87. The van der Waals surface area contributed by atoms with Gasteiger partial charge in [-0.05, 0) is 12.8 Å². The van der Waals surface area contributed by atoms with Crippen LogP contribution in [0.5, 0.6) is 0 Å². The van der Waals surface area contributed by atoms with Crippen molar-refractivity contribution in [2.24, 2.45) is 5.73 Å². The number of aliphatic hydroxyl groups is 1. The van der Waals surface area contributed by atoms with Crippen LogP contribution in [0, 0.1) is 0 Å². The van der Waals surface area contributed by atoms with Gasteiger partial charge in [0.2, 0.25) is 5.91 Å². The van der Waals surface area contributed by atoms with Crippen molar-refractivity contribution in [1.82, 2.24) is 0 Å². The third kappa shape index (κ3) is 11.4. The summed E-state index contributed by atoms with van der Waals surface area (Å²) in [5.74, 6) is -0.267. The van der Waals surface area contributed by atoms with Crippen LogP contribution in [0.4, 0.5) is 0 Å². The average molecular weight is 205 g/mol. The maximum atomic E-state index is 10.3. The van der Waals surface area contributed by atoms with Gasteiger partial charge in [-0.3, -0.25) is 4.79 Å². The first-order valence-corrected chi connectivity index (χ1v) is 4.82. The van der Waals surface area contributed by atoms with E-state index in [0.29, 0.717) is 32.8 Å². The van der Waals surface area contributed by atoms with Crippen LogP contribution in [0.2, 0.25) is 0 Å². The van der Waals surface area contributed by atoms with Crippen LogP contribution < -0.4 is 5.73 Å². The summed E-state index contributed by atoms with van der Waals surface area (Å²) in [7, 11) is 0. The van der Waals surface area contributed by atoms with Gasteiger partial charge in [0.05, 0.1) is 26.4 Å². The van der Waals surface area contributed by atoms with Gasteiger partial charge in [-0.1, -0.05) is 0 Å². The Hall–Kier alpha value is -0.650. The standard InChI is InChI=1S/C9H19NO4/c10-9(12)3-1-2-5-13-7-8-14-6-4-11/h11H,1-8H2,(H2,10,12). The fourth-order valence-electron chi connectivity index (χ4n) is 0.890. The highest BCUT2D eigenvalue weighted by Crippen LogP contribution is 1.94. The van der Waals surface area contributed by atoms with Crippen molar-refractivity contribution in [1.29, 1.82) is 0 Å². The smallest absolute Gasteiger partial charge is 0.217 e. The van der Waals surface area contributed by atoms with Crippen LogP contribution >= 0.6 is 0 Å². The Morgan fingerprint density at radius 2 is 1.71 bits per heavy atom. The fourth-order valence-corrected chi connectivity index (χ4v) is 0.890. The molecule has 0 heterocycles. The van der Waals surface area contributed by atoms with Gasteiger partial charge < -0.3 is 20.3 Å². The maximum absolute atomic E-state index is 10.3. The summed E-state index contributed by atoms with van der Waals surface area (Å²) >= 11 is 0. The molecule has 0 aromatic heterocycles. The van der Waals surface area contributed by atoms with Crippen molar-refractivity contribution in [3.8, 4) is 0 Å². The zero-order valence-corrected chi connectivity index (χ0v) is 8.41. The number of rotatable bonds is 10. The minimum atomic E-state index is -0.267. The Labute approximate surface area is 84.2 Å². The second-order valence-corrected chi connectivity index (χ2v) is 2.87. The van der Waals surface area contributed by atoms with Gasteiger partial charge in [0.15, 0.2) is 0 Å². The van der Waals surface area contributed by atoms with Gasteiger partial charge in [0, 0.05) is 13.0 Å². The predicted molar refractivity (Wildman–Crippen MR) is 51.8 cm³/mol. The van der Waals surface area contributed by atoms with Crippen LogP contribution in [0.15, 0.2) is 0 Å². The Morgan fingerprint density at radius 1 is 1.07 bits per heavy atom. The van der Waals surface area contributed by atoms with Gasteiger partial charge in [-0.25, -0.2) is 0 Å². The molecule has 0 aromatic carbocycles. The lowest BCUT2D eigenvalue weighted by molar-refractivity contribution is -0.118. The number of carbonyl (C=O) groups excluding carboxylic acids is 1. The highest BCUT2D eigenvalue weighted by atomic mass is 16.5. The molecule has 0 unspecified atom stereocenters. The number of hydrogen-bond donors (Lipinski definition) is 2. The first-order chi connectivity index (χ1) is 6.77. The Kier molecular flexibility index (Phi) is 9.95. The van der Waals surface area contributed by atoms with E-state index in [1.54, 1.807) is 0 Å². The molecular formula is C9H19NO4. The van der Waals surface area contributed by atoms with Crippen molar-refractivity contribution in [3.05, 3.63) is 0 Å². The predicted octanol–water partition coefficient (Wildman–Crippen LogP) is -0.333. The summed E-state index contributed by atoms with van der Waals surface area (Å²) in [6.07, 6.45) is 2.03. The third-order valence-corrected chi connectivity index (χ3v) is 1.57. The van der Waals surface area contributed by atoms with Crippen LogP contribution in [0.25, 0.3) is 0 Å². The molecule has 0 bridgehead atoms. The van der Waals surface area contributed by atoms with Crippen molar-refractivity contribution in [2.45, 2.75) is 19.3 Å². The van der Waals surface area contributed by atoms with E-state index in [0.717, 1.165) is 12.8 Å². The summed E-state index contributed by atoms with van der Waals surface area (Å²) < 4.78 is 10.2. The lowest BCUT2D eigenvalue weighted by Crippen LogP contribution is -2.11. The number of carbonyl (C=O) groups is 1. The molecule has 0 aliphatic carbocycles. The van der Waals surface area contributed by atoms with Gasteiger partial charge in [-0.2, -0.15) is 0 Å². The summed E-state index contributed by atoms with van der Waals surface area (Å²) in [5.41, 5.74) is 4.96. The molecule has 0 aliphatic heterocycles. The first-order valence-electron chi connectivity index (χ1n) is 4.82. The molecule has 5 heteroatoms. The van der Waals surface area contributed by atoms with Gasteiger partial charge in [-0.15, -0.1) is 0 Å². The Balaban J connectivity index is 2.88. The van der Waals surface area contributed by atoms with E-state index in [1.165, 1.54) is 0 Å². The first kappa shape index (κ1) is 13.4. The van der Waals surface area contributed by atoms with E-state index in [1.807, 2.05) is 0 Å². The largest absolute Gasteiger partial charge is 0.394 e. The van der Waals surface area contributed by atoms with Crippen molar-refractivity contribution >= 4 is 5.91 Å². The van der Waals surface area contributed by atoms with E-state index in [4.69, 9.17) is 20.3 Å². The summed E-state index contributed by atoms with van der Waals surface area (Å²) in [6.45, 7) is 2.03. The molecule has 5 nitrogen and oxygen atoms in total. The normalized spacial score (nSPS) is 10.4. The van der Waals surface area contributed by atoms with Crippen LogP contribution in [-0.2, 0) is 14.3 Å². The monoisotopic (exact) mass is 205 g/mol. The zero-order valence-electron chi connectivity index (χ0n) is 8.41. The lowest BCUT2D eigenvalue weighted by Gasteiger charge is -2.03. The fraction of sp³-hybridized carbons (Fsp3) is 0.889. The summed E-state index contributed by atoms with van der Waals surface area (Å²) in [5, 5.41) is 8.38. The van der Waals surface area contributed by atoms with E-state index < -0.39 is 0 Å². The Bertz CT molecular complexity index is 141. The van der Waals surface area contributed by atoms with Crippen molar-refractivity contribution in [3.63, 3.8) is 0 Å². The summed E-state index contributed by atoms with van der Waals surface area (Å²) in [6, 6.07) is 0. The van der Waals surface area contributed by atoms with Gasteiger partial charge in [0.25, 0.3) is 0 Å². The molecule has 0 aromatic rings. The molecular weight excluding hydrogens is 186 g/mol. The van der Waals surface area contributed by atoms with Gasteiger partial charge in [0.1, 0.15) is 0 Å². The quantitative estimate of drug-likeness (QED) is 0.478. The third-order valence-electron chi connectivity index (χ3n) is 1.57. The molecule has 0 rings (SSSR count). The molecule has 14 heavy (non-hydrogen) atoms. The number of unbranched alkanes of at least 4 members (excludes halogenated alkanes) is 1. The summed E-state index contributed by atoms with van der Waals surface area (Å²) in [4.78, 5) is 10.3. The minimum Gasteiger partial charge on any atom is -0.394 e. The van der Waals surface area contributed by atoms with Crippen LogP contribution in [0.3, 0.4) is 0 Å². The number of ether oxygens (including phenoxy) is 2. The highest BCUT2D eigenvalue weighted by molar-refractivity contribution is 5.73. The molecule has 0 spiro atoms. The lowest BCUT2D eigenvalue weighted by atomic mass is 10.2. The molecule has 84 valence electrons. The van der Waals surface area contributed by atoms with E-state index >= 15 is 0 Å². The second kappa shape index (κ2) is 10.4. The van der Waals surface area contributed by atoms with Crippen molar-refractivity contribution in [2.75, 3.05) is 33.0 Å². The average Bonchev–Trinajstić information content (AvgIpc) is 2.15. The molecule has 1 amide bonds.